The third kappa shape index (κ3) is 2.56. The highest BCUT2D eigenvalue weighted by Crippen LogP contribution is 2.42. The van der Waals surface area contributed by atoms with Gasteiger partial charge >= 0.3 is 0 Å². The topological polar surface area (TPSA) is 9.86 Å². The Morgan fingerprint density at radius 1 is 0.607 bits per heavy atom. The van der Waals surface area contributed by atoms with Crippen LogP contribution in [-0.2, 0) is 14.1 Å². The highest BCUT2D eigenvalue weighted by molar-refractivity contribution is 6.31. The average Bonchev–Trinajstić information content (AvgIpc) is 3.22. The summed E-state index contributed by atoms with van der Waals surface area (Å²) in [7, 11) is 4.22. The second-order valence-electron chi connectivity index (χ2n) is 7.38. The Balaban J connectivity index is 1.87. The van der Waals surface area contributed by atoms with E-state index in [0.29, 0.717) is 0 Å². The van der Waals surface area contributed by atoms with Crippen LogP contribution in [0.25, 0.3) is 21.8 Å². The lowest BCUT2D eigenvalue weighted by Crippen LogP contribution is -2.03. The molecule has 3 aromatic carbocycles. The maximum Gasteiger partial charge on any atom is 0.0480 e. The molecule has 0 aliphatic rings. The summed E-state index contributed by atoms with van der Waals surface area (Å²) in [6.45, 7) is 0. The minimum Gasteiger partial charge on any atom is -0.350 e. The normalized spacial score (nSPS) is 11.7. The van der Waals surface area contributed by atoms with Gasteiger partial charge in [-0.2, -0.15) is 0 Å². The molecule has 5 rings (SSSR count). The van der Waals surface area contributed by atoms with Crippen molar-refractivity contribution in [2.75, 3.05) is 0 Å². The van der Waals surface area contributed by atoms with Crippen molar-refractivity contribution >= 4 is 33.4 Å². The van der Waals surface area contributed by atoms with Crippen LogP contribution in [0.1, 0.15) is 22.6 Å². The molecule has 2 heterocycles. The highest BCUT2D eigenvalue weighted by atomic mass is 35.5. The van der Waals surface area contributed by atoms with E-state index < -0.39 is 0 Å². The molecule has 3 heteroatoms. The molecule has 0 saturated heterocycles. The minimum absolute atomic E-state index is 0.0610. The first kappa shape index (κ1) is 17.2. The quantitative estimate of drug-likeness (QED) is 0.336. The van der Waals surface area contributed by atoms with Gasteiger partial charge in [0.15, 0.2) is 0 Å². The van der Waals surface area contributed by atoms with Crippen LogP contribution in [0.3, 0.4) is 0 Å². The van der Waals surface area contributed by atoms with Crippen LogP contribution < -0.4 is 0 Å². The van der Waals surface area contributed by atoms with Gasteiger partial charge in [0.1, 0.15) is 0 Å². The Bertz CT molecular complexity index is 1230. The number of nitrogens with zero attached hydrogens (tertiary/aromatic N) is 2. The average molecular weight is 385 g/mol. The lowest BCUT2D eigenvalue weighted by atomic mass is 9.85. The van der Waals surface area contributed by atoms with Gasteiger partial charge in [-0.15, -0.1) is 0 Å². The Morgan fingerprint density at radius 2 is 1.07 bits per heavy atom. The summed E-state index contributed by atoms with van der Waals surface area (Å²) in [5.41, 5.74) is 6.16. The number of hydrogen-bond donors (Lipinski definition) is 0. The van der Waals surface area contributed by atoms with E-state index in [1.807, 2.05) is 12.1 Å². The summed E-state index contributed by atoms with van der Waals surface area (Å²) >= 11 is 6.72. The second-order valence-corrected chi connectivity index (χ2v) is 7.79. The van der Waals surface area contributed by atoms with Crippen molar-refractivity contribution in [3.63, 3.8) is 0 Å². The van der Waals surface area contributed by atoms with Gasteiger partial charge < -0.3 is 9.13 Å². The Hall–Kier alpha value is -2.97. The molecule has 0 radical (unpaired) electrons. The molecule has 0 unspecified atom stereocenters. The molecule has 5 aromatic rings. The first-order valence-electron chi connectivity index (χ1n) is 9.47. The van der Waals surface area contributed by atoms with Gasteiger partial charge in [0.05, 0.1) is 0 Å². The number of aryl methyl sites for hydroxylation is 2. The third-order valence-corrected chi connectivity index (χ3v) is 6.04. The lowest BCUT2D eigenvalue weighted by Gasteiger charge is -2.19. The molecular formula is C25H21ClN2. The van der Waals surface area contributed by atoms with Crippen LogP contribution in [0, 0.1) is 0 Å². The van der Waals surface area contributed by atoms with E-state index in [4.69, 9.17) is 11.6 Å². The monoisotopic (exact) mass is 384 g/mol. The van der Waals surface area contributed by atoms with Crippen molar-refractivity contribution < 1.29 is 0 Å². The van der Waals surface area contributed by atoms with Gasteiger partial charge in [-0.1, -0.05) is 66.2 Å². The van der Waals surface area contributed by atoms with E-state index >= 15 is 0 Å². The SMILES string of the molecule is Cn1cc(C(c2ccccc2Cl)c2cn(C)c3ccccc23)c2ccccc21. The van der Waals surface area contributed by atoms with Crippen molar-refractivity contribution in [2.24, 2.45) is 14.1 Å². The first-order valence-corrected chi connectivity index (χ1v) is 9.85. The van der Waals surface area contributed by atoms with E-state index in [0.717, 1.165) is 10.6 Å². The van der Waals surface area contributed by atoms with Crippen molar-refractivity contribution in [1.82, 2.24) is 9.13 Å². The summed E-state index contributed by atoms with van der Waals surface area (Å²) in [5, 5.41) is 3.33. The molecule has 0 aliphatic carbocycles. The molecule has 0 atom stereocenters. The van der Waals surface area contributed by atoms with Crippen LogP contribution in [0.2, 0.25) is 5.02 Å². The standard InChI is InChI=1S/C25H21ClN2/c1-27-15-20(17-9-4-7-13-23(17)27)25(19-11-3-6-12-22(19)26)21-16-28(2)24-14-8-5-10-18(21)24/h3-16,25H,1-2H3. The number of benzene rings is 3. The molecule has 0 saturated carbocycles. The summed E-state index contributed by atoms with van der Waals surface area (Å²) in [4.78, 5) is 0. The minimum atomic E-state index is 0.0610. The van der Waals surface area contributed by atoms with Crippen molar-refractivity contribution in [3.05, 3.63) is 107 Å². The second kappa shape index (κ2) is 6.57. The summed E-state index contributed by atoms with van der Waals surface area (Å²) in [5.74, 6) is 0.0610. The molecule has 0 spiro atoms. The summed E-state index contributed by atoms with van der Waals surface area (Å²) in [6.07, 6.45) is 4.50. The first-order chi connectivity index (χ1) is 13.6. The zero-order valence-corrected chi connectivity index (χ0v) is 16.7. The van der Waals surface area contributed by atoms with Gasteiger partial charge in [-0.05, 0) is 34.9 Å². The van der Waals surface area contributed by atoms with Crippen molar-refractivity contribution in [3.8, 4) is 0 Å². The van der Waals surface area contributed by atoms with E-state index in [-0.39, 0.29) is 5.92 Å². The zero-order valence-electron chi connectivity index (χ0n) is 15.9. The molecule has 0 amide bonds. The van der Waals surface area contributed by atoms with Crippen molar-refractivity contribution in [2.45, 2.75) is 5.92 Å². The van der Waals surface area contributed by atoms with Gasteiger partial charge in [0, 0.05) is 59.2 Å². The fourth-order valence-corrected chi connectivity index (χ4v) is 4.66. The molecule has 2 nitrogen and oxygen atoms in total. The van der Waals surface area contributed by atoms with Crippen molar-refractivity contribution in [1.29, 1.82) is 0 Å². The summed E-state index contributed by atoms with van der Waals surface area (Å²) < 4.78 is 4.42. The molecule has 0 N–H and O–H groups in total. The van der Waals surface area contributed by atoms with E-state index in [1.165, 1.54) is 32.9 Å². The number of halogens is 1. The Labute approximate surface area is 169 Å². The zero-order chi connectivity index (χ0) is 19.3. The lowest BCUT2D eigenvalue weighted by molar-refractivity contribution is 0.912. The summed E-state index contributed by atoms with van der Waals surface area (Å²) in [6, 6.07) is 25.4. The van der Waals surface area contributed by atoms with Crippen LogP contribution in [0.15, 0.2) is 85.2 Å². The molecule has 28 heavy (non-hydrogen) atoms. The third-order valence-electron chi connectivity index (χ3n) is 5.69. The maximum atomic E-state index is 6.72. The molecule has 0 aliphatic heterocycles. The highest BCUT2D eigenvalue weighted by Gasteiger charge is 2.26. The Kier molecular flexibility index (Phi) is 4.03. The van der Waals surface area contributed by atoms with E-state index in [1.54, 1.807) is 0 Å². The number of para-hydroxylation sites is 2. The predicted molar refractivity (Wildman–Crippen MR) is 118 cm³/mol. The predicted octanol–water partition coefficient (Wildman–Crippen LogP) is 6.50. The maximum absolute atomic E-state index is 6.72. The molecule has 138 valence electrons. The molecule has 2 aromatic heterocycles. The van der Waals surface area contributed by atoms with Gasteiger partial charge in [-0.25, -0.2) is 0 Å². The van der Waals surface area contributed by atoms with Gasteiger partial charge in [0.25, 0.3) is 0 Å². The van der Waals surface area contributed by atoms with Crippen LogP contribution >= 0.6 is 11.6 Å². The molecular weight excluding hydrogens is 364 g/mol. The smallest absolute Gasteiger partial charge is 0.0480 e. The number of hydrogen-bond acceptors (Lipinski definition) is 0. The molecule has 0 fully saturated rings. The largest absolute Gasteiger partial charge is 0.350 e. The van der Waals surface area contributed by atoms with Gasteiger partial charge in [0.2, 0.25) is 0 Å². The number of rotatable bonds is 3. The number of fused-ring (bicyclic) bond motifs is 2. The van der Waals surface area contributed by atoms with E-state index in [9.17, 15) is 0 Å². The fraction of sp³-hybridized carbons (Fsp3) is 0.120. The van der Waals surface area contributed by atoms with Crippen LogP contribution in [0.4, 0.5) is 0 Å². The van der Waals surface area contributed by atoms with Crippen LogP contribution in [-0.4, -0.2) is 9.13 Å². The fourth-order valence-electron chi connectivity index (χ4n) is 4.42. The molecule has 0 bridgehead atoms. The van der Waals surface area contributed by atoms with Crippen LogP contribution in [0.5, 0.6) is 0 Å². The van der Waals surface area contributed by atoms with Gasteiger partial charge in [-0.3, -0.25) is 0 Å². The number of aromatic nitrogens is 2. The van der Waals surface area contributed by atoms with E-state index in [2.05, 4.69) is 96.3 Å². The Morgan fingerprint density at radius 3 is 1.61 bits per heavy atom.